The van der Waals surface area contributed by atoms with Crippen molar-refractivity contribution in [3.63, 3.8) is 0 Å². The fourth-order valence-electron chi connectivity index (χ4n) is 3.05. The summed E-state index contributed by atoms with van der Waals surface area (Å²) in [4.78, 5) is 38.8. The number of hydrogen-bond donors (Lipinski definition) is 1. The maximum Gasteiger partial charge on any atom is 0.340 e. The van der Waals surface area contributed by atoms with E-state index in [0.29, 0.717) is 11.4 Å². The Hall–Kier alpha value is -2.87. The van der Waals surface area contributed by atoms with E-state index in [2.05, 4.69) is 21.2 Å². The van der Waals surface area contributed by atoms with Crippen molar-refractivity contribution >= 4 is 45.1 Å². The van der Waals surface area contributed by atoms with Crippen LogP contribution in [-0.2, 0) is 14.3 Å². The molecule has 1 aliphatic heterocycles. The van der Waals surface area contributed by atoms with E-state index in [1.54, 1.807) is 17.0 Å². The monoisotopic (exact) mass is 446 g/mol. The molecule has 2 aromatic rings. The van der Waals surface area contributed by atoms with Gasteiger partial charge >= 0.3 is 5.97 Å². The first-order chi connectivity index (χ1) is 13.4. The van der Waals surface area contributed by atoms with E-state index in [0.717, 1.165) is 10.2 Å². The van der Waals surface area contributed by atoms with E-state index in [1.165, 1.54) is 20.3 Å². The summed E-state index contributed by atoms with van der Waals surface area (Å²) in [6.45, 7) is 0.269. The van der Waals surface area contributed by atoms with Gasteiger partial charge in [-0.1, -0.05) is 22.0 Å². The molecular formula is C20H19BrN2O5. The van der Waals surface area contributed by atoms with Gasteiger partial charge in [0.15, 0.2) is 0 Å². The zero-order valence-electron chi connectivity index (χ0n) is 15.4. The van der Waals surface area contributed by atoms with Crippen LogP contribution in [0.15, 0.2) is 46.9 Å². The summed E-state index contributed by atoms with van der Waals surface area (Å²) in [6.07, 6.45) is 0.0993. The number of carbonyl (C=O) groups is 3. The van der Waals surface area contributed by atoms with Crippen LogP contribution in [0.5, 0.6) is 5.75 Å². The summed E-state index contributed by atoms with van der Waals surface area (Å²) < 4.78 is 10.7. The van der Waals surface area contributed by atoms with Crippen LogP contribution in [0.3, 0.4) is 0 Å². The molecule has 8 heteroatoms. The predicted molar refractivity (Wildman–Crippen MR) is 108 cm³/mol. The molecule has 28 heavy (non-hydrogen) atoms. The number of halogens is 1. The maximum absolute atomic E-state index is 12.7. The summed E-state index contributed by atoms with van der Waals surface area (Å²) in [5.74, 6) is -1.11. The Balaban J connectivity index is 1.77. The van der Waals surface area contributed by atoms with Gasteiger partial charge < -0.3 is 19.7 Å². The minimum Gasteiger partial charge on any atom is -0.497 e. The van der Waals surface area contributed by atoms with Crippen molar-refractivity contribution in [2.45, 2.75) is 6.42 Å². The second kappa shape index (κ2) is 8.43. The highest BCUT2D eigenvalue weighted by Crippen LogP contribution is 2.29. The highest BCUT2D eigenvalue weighted by molar-refractivity contribution is 9.10. The van der Waals surface area contributed by atoms with Crippen LogP contribution in [0.25, 0.3) is 0 Å². The lowest BCUT2D eigenvalue weighted by atomic mass is 10.1. The molecule has 0 saturated carbocycles. The lowest BCUT2D eigenvalue weighted by Gasteiger charge is -2.17. The van der Waals surface area contributed by atoms with Gasteiger partial charge in [0.05, 0.1) is 31.4 Å². The first-order valence-corrected chi connectivity index (χ1v) is 9.35. The molecule has 0 radical (unpaired) electrons. The number of rotatable bonds is 5. The number of benzene rings is 2. The van der Waals surface area contributed by atoms with E-state index >= 15 is 0 Å². The zero-order chi connectivity index (χ0) is 20.3. The number of amides is 2. The van der Waals surface area contributed by atoms with Crippen molar-refractivity contribution in [3.05, 3.63) is 52.5 Å². The molecule has 1 saturated heterocycles. The second-order valence-electron chi connectivity index (χ2n) is 6.28. The van der Waals surface area contributed by atoms with Crippen LogP contribution in [-0.4, -0.2) is 38.5 Å². The van der Waals surface area contributed by atoms with Gasteiger partial charge in [0.2, 0.25) is 11.8 Å². The molecule has 2 amide bonds. The smallest absolute Gasteiger partial charge is 0.340 e. The standard InChI is InChI=1S/C20H19BrN2O5/c1-27-15-6-7-17(16(10-15)20(26)28-2)22-19(25)12-8-18(24)23(11-12)14-5-3-4-13(21)9-14/h3-7,9-10,12H,8,11H2,1-2H3,(H,22,25). The van der Waals surface area contributed by atoms with Crippen LogP contribution >= 0.6 is 15.9 Å². The Bertz CT molecular complexity index is 931. The molecule has 1 fully saturated rings. The SMILES string of the molecule is COC(=O)c1cc(OC)ccc1NC(=O)C1CC(=O)N(c2cccc(Br)c2)C1. The van der Waals surface area contributed by atoms with Crippen molar-refractivity contribution in [1.29, 1.82) is 0 Å². The zero-order valence-corrected chi connectivity index (χ0v) is 17.0. The van der Waals surface area contributed by atoms with Gasteiger partial charge in [-0.3, -0.25) is 9.59 Å². The van der Waals surface area contributed by atoms with Gasteiger partial charge in [0.1, 0.15) is 5.75 Å². The van der Waals surface area contributed by atoms with Gasteiger partial charge in [-0.05, 0) is 36.4 Å². The maximum atomic E-state index is 12.7. The predicted octanol–water partition coefficient (Wildman–Crippen LogP) is 3.24. The Morgan fingerprint density at radius 2 is 1.96 bits per heavy atom. The molecule has 1 aliphatic rings. The fraction of sp³-hybridized carbons (Fsp3) is 0.250. The minimum absolute atomic E-state index is 0.0993. The number of methoxy groups -OCH3 is 2. The molecule has 1 atom stereocenters. The quantitative estimate of drug-likeness (QED) is 0.712. The van der Waals surface area contributed by atoms with E-state index in [9.17, 15) is 14.4 Å². The third-order valence-electron chi connectivity index (χ3n) is 4.51. The lowest BCUT2D eigenvalue weighted by Crippen LogP contribution is -2.28. The summed E-state index contributed by atoms with van der Waals surface area (Å²) in [7, 11) is 2.74. The average Bonchev–Trinajstić information content (AvgIpc) is 3.09. The van der Waals surface area contributed by atoms with Crippen LogP contribution < -0.4 is 15.0 Å². The molecular weight excluding hydrogens is 428 g/mol. The van der Waals surface area contributed by atoms with E-state index in [-0.39, 0.29) is 30.3 Å². The Labute approximate surface area is 170 Å². The first kappa shape index (κ1) is 19.9. The molecule has 0 bridgehead atoms. The molecule has 1 unspecified atom stereocenters. The first-order valence-electron chi connectivity index (χ1n) is 8.56. The van der Waals surface area contributed by atoms with Gasteiger partial charge in [-0.25, -0.2) is 4.79 Å². The highest BCUT2D eigenvalue weighted by Gasteiger charge is 2.35. The number of nitrogens with one attached hydrogen (secondary N) is 1. The van der Waals surface area contributed by atoms with Crippen LogP contribution in [0, 0.1) is 5.92 Å². The molecule has 1 N–H and O–H groups in total. The Morgan fingerprint density at radius 1 is 1.18 bits per heavy atom. The number of ether oxygens (including phenoxy) is 2. The Morgan fingerprint density at radius 3 is 2.64 bits per heavy atom. The number of carbonyl (C=O) groups excluding carboxylic acids is 3. The van der Waals surface area contributed by atoms with Crippen LogP contribution in [0.1, 0.15) is 16.8 Å². The van der Waals surface area contributed by atoms with Crippen LogP contribution in [0.4, 0.5) is 11.4 Å². The molecule has 146 valence electrons. The van der Waals surface area contributed by atoms with Gasteiger partial charge in [-0.15, -0.1) is 0 Å². The molecule has 0 spiro atoms. The molecule has 2 aromatic carbocycles. The number of esters is 1. The van der Waals surface area contributed by atoms with E-state index in [4.69, 9.17) is 9.47 Å². The second-order valence-corrected chi connectivity index (χ2v) is 7.19. The van der Waals surface area contributed by atoms with Gasteiger partial charge in [0, 0.05) is 23.1 Å². The molecule has 0 aliphatic carbocycles. The largest absolute Gasteiger partial charge is 0.497 e. The third kappa shape index (κ3) is 4.17. The molecule has 1 heterocycles. The van der Waals surface area contributed by atoms with Crippen molar-refractivity contribution in [2.24, 2.45) is 5.92 Å². The molecule has 7 nitrogen and oxygen atoms in total. The average molecular weight is 447 g/mol. The summed E-state index contributed by atoms with van der Waals surface area (Å²) in [6, 6.07) is 12.1. The van der Waals surface area contributed by atoms with E-state index in [1.807, 2.05) is 24.3 Å². The van der Waals surface area contributed by atoms with Crippen molar-refractivity contribution in [3.8, 4) is 5.75 Å². The topological polar surface area (TPSA) is 84.9 Å². The summed E-state index contributed by atoms with van der Waals surface area (Å²) >= 11 is 3.39. The molecule has 0 aromatic heterocycles. The number of hydrogen-bond acceptors (Lipinski definition) is 5. The summed E-state index contributed by atoms with van der Waals surface area (Å²) in [5.41, 5.74) is 1.23. The van der Waals surface area contributed by atoms with Crippen molar-refractivity contribution < 1.29 is 23.9 Å². The number of nitrogens with zero attached hydrogens (tertiary/aromatic N) is 1. The van der Waals surface area contributed by atoms with Gasteiger partial charge in [-0.2, -0.15) is 0 Å². The van der Waals surface area contributed by atoms with Crippen molar-refractivity contribution in [1.82, 2.24) is 0 Å². The third-order valence-corrected chi connectivity index (χ3v) is 5.00. The Kier molecular flexibility index (Phi) is 5.99. The van der Waals surface area contributed by atoms with Crippen molar-refractivity contribution in [2.75, 3.05) is 31.0 Å². The van der Waals surface area contributed by atoms with E-state index < -0.39 is 11.9 Å². The van der Waals surface area contributed by atoms with Gasteiger partial charge in [0.25, 0.3) is 0 Å². The molecule has 3 rings (SSSR count). The number of anilines is 2. The fourth-order valence-corrected chi connectivity index (χ4v) is 3.44. The lowest BCUT2D eigenvalue weighted by molar-refractivity contribution is -0.122. The van der Waals surface area contributed by atoms with Crippen LogP contribution in [0.2, 0.25) is 0 Å². The minimum atomic E-state index is -0.590. The normalized spacial score (nSPS) is 16.0. The summed E-state index contributed by atoms with van der Waals surface area (Å²) in [5, 5.41) is 2.74. The highest BCUT2D eigenvalue weighted by atomic mass is 79.9.